The second kappa shape index (κ2) is 8.61. The van der Waals surface area contributed by atoms with Crippen LogP contribution >= 0.6 is 0 Å². The first kappa shape index (κ1) is 20.0. The third kappa shape index (κ3) is 4.34. The first-order valence-electron chi connectivity index (χ1n) is 10.9. The van der Waals surface area contributed by atoms with Crippen LogP contribution in [0.3, 0.4) is 0 Å². The molecule has 2 heterocycles. The van der Waals surface area contributed by atoms with Crippen molar-refractivity contribution in [2.75, 3.05) is 38.6 Å². The molecule has 1 aromatic rings. The fourth-order valence-electron chi connectivity index (χ4n) is 5.08. The molecule has 158 valence electrons. The number of methoxy groups -OCH3 is 1. The Balaban J connectivity index is 1.44. The third-order valence-electron chi connectivity index (χ3n) is 6.69. The molecule has 3 amide bonds. The Morgan fingerprint density at radius 2 is 1.79 bits per heavy atom. The Morgan fingerprint density at radius 1 is 1.03 bits per heavy atom. The van der Waals surface area contributed by atoms with Crippen LogP contribution in [0.1, 0.15) is 44.9 Å². The lowest BCUT2D eigenvalue weighted by Crippen LogP contribution is -2.64. The zero-order valence-electron chi connectivity index (χ0n) is 17.3. The number of hydrogen-bond donors (Lipinski definition) is 2. The number of amides is 3. The smallest absolute Gasteiger partial charge is 0.320 e. The highest BCUT2D eigenvalue weighted by Crippen LogP contribution is 2.32. The molecule has 3 fully saturated rings. The van der Waals surface area contributed by atoms with Gasteiger partial charge >= 0.3 is 6.03 Å². The number of fused-ring (bicyclic) bond motifs is 1. The molecule has 1 aliphatic carbocycles. The van der Waals surface area contributed by atoms with Crippen molar-refractivity contribution in [3.63, 3.8) is 0 Å². The summed E-state index contributed by atoms with van der Waals surface area (Å²) in [6.45, 7) is 3.66. The normalized spacial score (nSPS) is 23.9. The molecule has 0 spiro atoms. The van der Waals surface area contributed by atoms with Crippen molar-refractivity contribution in [3.8, 4) is 5.75 Å². The van der Waals surface area contributed by atoms with E-state index in [0.717, 1.165) is 51.2 Å². The van der Waals surface area contributed by atoms with Crippen LogP contribution < -0.4 is 15.4 Å². The van der Waals surface area contributed by atoms with Crippen molar-refractivity contribution in [1.29, 1.82) is 0 Å². The second-order valence-corrected chi connectivity index (χ2v) is 8.53. The summed E-state index contributed by atoms with van der Waals surface area (Å²) in [6, 6.07) is 7.38. The largest absolute Gasteiger partial charge is 0.497 e. The van der Waals surface area contributed by atoms with Gasteiger partial charge < -0.3 is 20.3 Å². The number of nitrogens with one attached hydrogen (secondary N) is 2. The SMILES string of the molecule is COc1ccc(NC(=O)NC2(C(=O)N3CCN4CCC[C@H]4C3)CCCCC2)cc1. The number of nitrogens with zero attached hydrogens (tertiary/aromatic N) is 2. The molecule has 1 aromatic carbocycles. The number of piperazine rings is 1. The van der Waals surface area contributed by atoms with E-state index in [2.05, 4.69) is 15.5 Å². The number of carbonyl (C=O) groups excluding carboxylic acids is 2. The van der Waals surface area contributed by atoms with Gasteiger partial charge in [0.05, 0.1) is 7.11 Å². The molecule has 0 radical (unpaired) electrons. The van der Waals surface area contributed by atoms with Crippen molar-refractivity contribution >= 4 is 17.6 Å². The van der Waals surface area contributed by atoms with Crippen LogP contribution in [0.5, 0.6) is 5.75 Å². The van der Waals surface area contributed by atoms with Crippen LogP contribution in [0.15, 0.2) is 24.3 Å². The molecule has 0 unspecified atom stereocenters. The summed E-state index contributed by atoms with van der Waals surface area (Å²) in [6.07, 6.45) is 6.88. The van der Waals surface area contributed by atoms with E-state index in [1.165, 1.54) is 12.8 Å². The molecule has 3 aliphatic rings. The molecule has 2 aliphatic heterocycles. The zero-order valence-corrected chi connectivity index (χ0v) is 17.3. The average Bonchev–Trinajstić information content (AvgIpc) is 3.22. The molecule has 4 rings (SSSR count). The highest BCUT2D eigenvalue weighted by Gasteiger charge is 2.45. The maximum atomic E-state index is 13.6. The minimum absolute atomic E-state index is 0.105. The van der Waals surface area contributed by atoms with Gasteiger partial charge in [0.25, 0.3) is 0 Å². The topological polar surface area (TPSA) is 73.9 Å². The summed E-state index contributed by atoms with van der Waals surface area (Å²) in [4.78, 5) is 30.9. The number of hydrogen-bond acceptors (Lipinski definition) is 4. The minimum atomic E-state index is -0.782. The van der Waals surface area contributed by atoms with Gasteiger partial charge in [-0.2, -0.15) is 0 Å². The van der Waals surface area contributed by atoms with Gasteiger partial charge in [-0.3, -0.25) is 9.69 Å². The Kier molecular flexibility index (Phi) is 5.94. The predicted octanol–water partition coefficient (Wildman–Crippen LogP) is 2.83. The van der Waals surface area contributed by atoms with Gasteiger partial charge in [-0.25, -0.2) is 4.79 Å². The molecule has 2 N–H and O–H groups in total. The summed E-state index contributed by atoms with van der Waals surface area (Å²) in [5.74, 6) is 0.842. The molecule has 1 atom stereocenters. The van der Waals surface area contributed by atoms with E-state index >= 15 is 0 Å². The number of carbonyl (C=O) groups is 2. The molecule has 7 nitrogen and oxygen atoms in total. The Hall–Kier alpha value is -2.28. The lowest BCUT2D eigenvalue weighted by atomic mass is 9.80. The molecule has 1 saturated carbocycles. The zero-order chi connectivity index (χ0) is 20.3. The van der Waals surface area contributed by atoms with Crippen LogP contribution in [0.4, 0.5) is 10.5 Å². The maximum Gasteiger partial charge on any atom is 0.320 e. The van der Waals surface area contributed by atoms with Crippen LogP contribution in [0, 0.1) is 0 Å². The van der Waals surface area contributed by atoms with E-state index < -0.39 is 5.54 Å². The van der Waals surface area contributed by atoms with Crippen molar-refractivity contribution in [1.82, 2.24) is 15.1 Å². The Morgan fingerprint density at radius 3 is 2.52 bits per heavy atom. The van der Waals surface area contributed by atoms with Crippen molar-refractivity contribution in [3.05, 3.63) is 24.3 Å². The molecular formula is C22H32N4O3. The Bertz CT molecular complexity index is 730. The lowest BCUT2D eigenvalue weighted by molar-refractivity contribution is -0.142. The van der Waals surface area contributed by atoms with Gasteiger partial charge in [0, 0.05) is 31.4 Å². The van der Waals surface area contributed by atoms with E-state index in [9.17, 15) is 9.59 Å². The van der Waals surface area contributed by atoms with Gasteiger partial charge in [-0.05, 0) is 56.5 Å². The van der Waals surface area contributed by atoms with Gasteiger partial charge in [-0.15, -0.1) is 0 Å². The molecule has 7 heteroatoms. The van der Waals surface area contributed by atoms with Gasteiger partial charge in [0.1, 0.15) is 11.3 Å². The summed E-state index contributed by atoms with van der Waals surface area (Å²) in [5, 5.41) is 5.96. The molecule has 2 saturated heterocycles. The number of ether oxygens (including phenoxy) is 1. The van der Waals surface area contributed by atoms with E-state index in [-0.39, 0.29) is 11.9 Å². The second-order valence-electron chi connectivity index (χ2n) is 8.53. The van der Waals surface area contributed by atoms with Crippen molar-refractivity contribution in [2.45, 2.75) is 56.5 Å². The minimum Gasteiger partial charge on any atom is -0.497 e. The number of rotatable bonds is 4. The average molecular weight is 401 g/mol. The van der Waals surface area contributed by atoms with Gasteiger partial charge in [0.15, 0.2) is 0 Å². The lowest BCUT2D eigenvalue weighted by Gasteiger charge is -2.44. The first-order chi connectivity index (χ1) is 14.1. The highest BCUT2D eigenvalue weighted by atomic mass is 16.5. The van der Waals surface area contributed by atoms with Crippen LogP contribution in [-0.4, -0.2) is 66.6 Å². The number of urea groups is 1. The molecule has 0 aromatic heterocycles. The van der Waals surface area contributed by atoms with E-state index in [1.807, 2.05) is 4.90 Å². The third-order valence-corrected chi connectivity index (χ3v) is 6.69. The monoisotopic (exact) mass is 400 g/mol. The van der Waals surface area contributed by atoms with Crippen molar-refractivity contribution < 1.29 is 14.3 Å². The van der Waals surface area contributed by atoms with Crippen LogP contribution in [0.25, 0.3) is 0 Å². The predicted molar refractivity (Wildman–Crippen MR) is 112 cm³/mol. The summed E-state index contributed by atoms with van der Waals surface area (Å²) < 4.78 is 5.16. The van der Waals surface area contributed by atoms with Crippen molar-refractivity contribution in [2.24, 2.45) is 0 Å². The van der Waals surface area contributed by atoms with Gasteiger partial charge in [-0.1, -0.05) is 19.3 Å². The summed E-state index contributed by atoms with van der Waals surface area (Å²) in [7, 11) is 1.61. The first-order valence-corrected chi connectivity index (χ1v) is 10.9. The Labute approximate surface area is 172 Å². The summed E-state index contributed by atoms with van der Waals surface area (Å²) in [5.41, 5.74) is -0.100. The van der Waals surface area contributed by atoms with Gasteiger partial charge in [0.2, 0.25) is 5.91 Å². The quantitative estimate of drug-likeness (QED) is 0.815. The summed E-state index contributed by atoms with van der Waals surface area (Å²) >= 11 is 0. The van der Waals surface area contributed by atoms with E-state index in [4.69, 9.17) is 4.74 Å². The van der Waals surface area contributed by atoms with E-state index in [0.29, 0.717) is 24.6 Å². The molecule has 29 heavy (non-hydrogen) atoms. The van der Waals surface area contributed by atoms with Crippen LogP contribution in [-0.2, 0) is 4.79 Å². The fraction of sp³-hybridized carbons (Fsp3) is 0.636. The highest BCUT2D eigenvalue weighted by molar-refractivity contribution is 5.96. The number of benzene rings is 1. The standard InChI is InChI=1S/C22H32N4O3/c1-29-19-9-7-17(8-10-19)23-21(28)24-22(11-3-2-4-12-22)20(27)26-15-14-25-13-5-6-18(25)16-26/h7-10,18H,2-6,11-16H2,1H3,(H2,23,24,28)/t18-/m0/s1. The van der Waals surface area contributed by atoms with E-state index in [1.54, 1.807) is 31.4 Å². The molecular weight excluding hydrogens is 368 g/mol. The molecule has 0 bridgehead atoms. The number of anilines is 1. The maximum absolute atomic E-state index is 13.6. The fourth-order valence-corrected chi connectivity index (χ4v) is 5.08. The van der Waals surface area contributed by atoms with Crippen LogP contribution in [0.2, 0.25) is 0 Å².